The molecule has 2 amide bonds. The fourth-order valence-electron chi connectivity index (χ4n) is 3.49. The molecule has 160 valence electrons. The molecule has 1 aliphatic heterocycles. The number of carbonyl (C=O) groups is 2. The maximum atomic E-state index is 14.5. The highest BCUT2D eigenvalue weighted by Crippen LogP contribution is 2.32. The molecule has 1 unspecified atom stereocenters. The van der Waals surface area contributed by atoms with Gasteiger partial charge in [-0.3, -0.25) is 14.5 Å². The van der Waals surface area contributed by atoms with Gasteiger partial charge in [0.2, 0.25) is 21.8 Å². The molecule has 1 heterocycles. The van der Waals surface area contributed by atoms with Gasteiger partial charge in [-0.05, 0) is 31.5 Å². The molecule has 3 rings (SSSR count). The molecule has 7 nitrogen and oxygen atoms in total. The fraction of sp³-hybridized carbons (Fsp3) is 0.333. The topological polar surface area (TPSA) is 86.8 Å². The fourth-order valence-corrected chi connectivity index (χ4v) is 4.32. The maximum absolute atomic E-state index is 14.5. The number of halogens is 1. The van der Waals surface area contributed by atoms with Crippen LogP contribution in [0, 0.1) is 12.7 Å². The van der Waals surface area contributed by atoms with Crippen molar-refractivity contribution in [3.8, 4) is 0 Å². The standard InChI is InChI=1S/C21H24FN3O4S/c1-15-8-10-16(11-9-15)12-23-20(27)21(2)14-24(30(3,28)29)13-19(26)25(21)18-7-5-4-6-17(18)22/h4-11H,12-14H2,1-3H3,(H,23,27). The number of carbonyl (C=O) groups excluding carboxylic acids is 2. The van der Waals surface area contributed by atoms with Crippen LogP contribution in [0.15, 0.2) is 48.5 Å². The first kappa shape index (κ1) is 21.9. The van der Waals surface area contributed by atoms with Crippen LogP contribution in [0.2, 0.25) is 0 Å². The van der Waals surface area contributed by atoms with Crippen LogP contribution < -0.4 is 10.2 Å². The van der Waals surface area contributed by atoms with Crippen LogP contribution in [0.3, 0.4) is 0 Å². The smallest absolute Gasteiger partial charge is 0.247 e. The Kier molecular flexibility index (Phi) is 5.96. The highest BCUT2D eigenvalue weighted by molar-refractivity contribution is 7.88. The van der Waals surface area contributed by atoms with Crippen molar-refractivity contribution in [3.05, 3.63) is 65.5 Å². The third-order valence-corrected chi connectivity index (χ3v) is 6.36. The number of benzene rings is 2. The first-order valence-electron chi connectivity index (χ1n) is 9.39. The van der Waals surface area contributed by atoms with Crippen LogP contribution >= 0.6 is 0 Å². The van der Waals surface area contributed by atoms with Crippen molar-refractivity contribution in [3.63, 3.8) is 0 Å². The maximum Gasteiger partial charge on any atom is 0.247 e. The van der Waals surface area contributed by atoms with E-state index in [0.29, 0.717) is 0 Å². The van der Waals surface area contributed by atoms with Crippen molar-refractivity contribution in [2.45, 2.75) is 25.9 Å². The number of aryl methyl sites for hydroxylation is 1. The molecule has 2 aromatic carbocycles. The van der Waals surface area contributed by atoms with Crippen molar-refractivity contribution in [1.82, 2.24) is 9.62 Å². The third kappa shape index (κ3) is 4.36. The Bertz CT molecular complexity index is 1070. The second-order valence-electron chi connectivity index (χ2n) is 7.65. The Morgan fingerprint density at radius 3 is 2.40 bits per heavy atom. The summed E-state index contributed by atoms with van der Waals surface area (Å²) in [6.45, 7) is 2.83. The first-order valence-corrected chi connectivity index (χ1v) is 11.2. The first-order chi connectivity index (χ1) is 14.0. The number of rotatable bonds is 5. The number of hydrogen-bond acceptors (Lipinski definition) is 4. The van der Waals surface area contributed by atoms with Gasteiger partial charge >= 0.3 is 0 Å². The molecule has 2 aromatic rings. The van der Waals surface area contributed by atoms with Gasteiger partial charge in [0.1, 0.15) is 11.4 Å². The summed E-state index contributed by atoms with van der Waals surface area (Å²) in [4.78, 5) is 27.2. The Hall–Kier alpha value is -2.78. The lowest BCUT2D eigenvalue weighted by molar-refractivity contribution is -0.133. The van der Waals surface area contributed by atoms with Gasteiger partial charge in [0.25, 0.3) is 0 Å². The van der Waals surface area contributed by atoms with Crippen LogP contribution in [0.4, 0.5) is 10.1 Å². The van der Waals surface area contributed by atoms with Gasteiger partial charge < -0.3 is 5.32 Å². The molecule has 0 aliphatic carbocycles. The van der Waals surface area contributed by atoms with Crippen LogP contribution in [0.1, 0.15) is 18.1 Å². The number of para-hydroxylation sites is 1. The lowest BCUT2D eigenvalue weighted by Crippen LogP contribution is -2.70. The summed E-state index contributed by atoms with van der Waals surface area (Å²) in [5.41, 5.74) is 0.218. The van der Waals surface area contributed by atoms with E-state index in [1.165, 1.54) is 25.1 Å². The molecule has 1 fully saturated rings. The summed E-state index contributed by atoms with van der Waals surface area (Å²) in [6, 6.07) is 13.2. The number of nitrogens with one attached hydrogen (secondary N) is 1. The van der Waals surface area contributed by atoms with Crippen LogP contribution in [-0.4, -0.2) is 49.4 Å². The normalized spacial score (nSPS) is 20.3. The molecule has 1 saturated heterocycles. The number of sulfonamides is 1. The molecule has 0 bridgehead atoms. The Morgan fingerprint density at radius 1 is 1.17 bits per heavy atom. The minimum absolute atomic E-state index is 0.0661. The second-order valence-corrected chi connectivity index (χ2v) is 9.64. The number of piperazine rings is 1. The van der Waals surface area contributed by atoms with E-state index in [1.54, 1.807) is 6.07 Å². The van der Waals surface area contributed by atoms with Gasteiger partial charge in [0.15, 0.2) is 0 Å². The molecule has 1 atom stereocenters. The zero-order valence-electron chi connectivity index (χ0n) is 17.1. The average Bonchev–Trinajstić information content (AvgIpc) is 2.67. The SMILES string of the molecule is Cc1ccc(CNC(=O)C2(C)CN(S(C)(=O)=O)CC(=O)N2c2ccccc2F)cc1. The van der Waals surface area contributed by atoms with Crippen LogP contribution in [0.25, 0.3) is 0 Å². The van der Waals surface area contributed by atoms with Crippen LogP contribution in [0.5, 0.6) is 0 Å². The zero-order chi connectivity index (χ0) is 22.1. The number of anilines is 1. The van der Waals surface area contributed by atoms with E-state index < -0.39 is 39.7 Å². The Morgan fingerprint density at radius 2 is 1.80 bits per heavy atom. The molecule has 0 saturated carbocycles. The second kappa shape index (κ2) is 8.16. The van der Waals surface area contributed by atoms with Gasteiger partial charge in [-0.2, -0.15) is 4.31 Å². The van der Waals surface area contributed by atoms with Gasteiger partial charge in [0, 0.05) is 13.1 Å². The molecular weight excluding hydrogens is 409 g/mol. The van der Waals surface area contributed by atoms with Gasteiger partial charge in [-0.25, -0.2) is 12.8 Å². The summed E-state index contributed by atoms with van der Waals surface area (Å²) >= 11 is 0. The van der Waals surface area contributed by atoms with Crippen molar-refractivity contribution >= 4 is 27.5 Å². The largest absolute Gasteiger partial charge is 0.350 e. The van der Waals surface area contributed by atoms with E-state index in [0.717, 1.165) is 26.6 Å². The van der Waals surface area contributed by atoms with Crippen LogP contribution in [-0.2, 0) is 26.2 Å². The molecule has 0 radical (unpaired) electrons. The summed E-state index contributed by atoms with van der Waals surface area (Å²) < 4.78 is 39.7. The van der Waals surface area contributed by atoms with Crippen molar-refractivity contribution in [1.29, 1.82) is 0 Å². The Labute approximate surface area is 175 Å². The van der Waals surface area contributed by atoms with E-state index >= 15 is 0 Å². The predicted molar refractivity (Wildman–Crippen MR) is 112 cm³/mol. The summed E-state index contributed by atoms with van der Waals surface area (Å²) in [5.74, 6) is -1.92. The van der Waals surface area contributed by atoms with E-state index in [-0.39, 0.29) is 18.8 Å². The summed E-state index contributed by atoms with van der Waals surface area (Å²) in [6.07, 6.45) is 0.976. The average molecular weight is 434 g/mol. The molecular formula is C21H24FN3O4S. The third-order valence-electron chi connectivity index (χ3n) is 5.16. The quantitative estimate of drug-likeness (QED) is 0.779. The minimum atomic E-state index is -3.74. The van der Waals surface area contributed by atoms with Crippen molar-refractivity contribution < 1.29 is 22.4 Å². The molecule has 9 heteroatoms. The van der Waals surface area contributed by atoms with E-state index in [1.807, 2.05) is 31.2 Å². The van der Waals surface area contributed by atoms with Gasteiger partial charge in [-0.15, -0.1) is 0 Å². The van der Waals surface area contributed by atoms with Gasteiger partial charge in [0.05, 0.1) is 18.5 Å². The van der Waals surface area contributed by atoms with Crippen molar-refractivity contribution in [2.24, 2.45) is 0 Å². The van der Waals surface area contributed by atoms with Crippen molar-refractivity contribution in [2.75, 3.05) is 24.2 Å². The number of amides is 2. The highest BCUT2D eigenvalue weighted by atomic mass is 32.2. The lowest BCUT2D eigenvalue weighted by atomic mass is 9.94. The Balaban J connectivity index is 1.96. The summed E-state index contributed by atoms with van der Waals surface area (Å²) in [7, 11) is -3.74. The summed E-state index contributed by atoms with van der Waals surface area (Å²) in [5, 5.41) is 2.76. The zero-order valence-corrected chi connectivity index (χ0v) is 17.9. The van der Waals surface area contributed by atoms with Gasteiger partial charge in [-0.1, -0.05) is 42.0 Å². The molecule has 1 aliphatic rings. The molecule has 30 heavy (non-hydrogen) atoms. The van der Waals surface area contributed by atoms with E-state index in [2.05, 4.69) is 5.32 Å². The minimum Gasteiger partial charge on any atom is -0.350 e. The molecule has 0 aromatic heterocycles. The highest BCUT2D eigenvalue weighted by Gasteiger charge is 2.50. The number of hydrogen-bond donors (Lipinski definition) is 1. The lowest BCUT2D eigenvalue weighted by Gasteiger charge is -2.46. The van der Waals surface area contributed by atoms with E-state index in [4.69, 9.17) is 0 Å². The monoisotopic (exact) mass is 433 g/mol. The predicted octanol–water partition coefficient (Wildman–Crippen LogP) is 1.82. The molecule has 0 spiro atoms. The molecule has 1 N–H and O–H groups in total. The van der Waals surface area contributed by atoms with E-state index in [9.17, 15) is 22.4 Å². The number of nitrogens with zero attached hydrogens (tertiary/aromatic N) is 2.